The molecule has 1 N–H and O–H groups in total. The fourth-order valence-corrected chi connectivity index (χ4v) is 1.68. The fourth-order valence-electron chi connectivity index (χ4n) is 1.68. The van der Waals surface area contributed by atoms with Gasteiger partial charge in [-0.3, -0.25) is 4.79 Å². The molecule has 4 nitrogen and oxygen atoms in total. The molecule has 0 radical (unpaired) electrons. The van der Waals surface area contributed by atoms with E-state index in [4.69, 9.17) is 4.74 Å². The lowest BCUT2D eigenvalue weighted by Crippen LogP contribution is -2.24. The molecule has 0 fully saturated rings. The summed E-state index contributed by atoms with van der Waals surface area (Å²) in [4.78, 5) is 11.5. The maximum Gasteiger partial charge on any atom is 0.277 e. The zero-order valence-electron chi connectivity index (χ0n) is 11.8. The number of hydrogen-bond donors (Lipinski definition) is 1. The van der Waals surface area contributed by atoms with Crippen LogP contribution in [0.1, 0.15) is 11.1 Å². The quantitative estimate of drug-likeness (QED) is 0.682. The van der Waals surface area contributed by atoms with Crippen molar-refractivity contribution < 1.29 is 18.3 Å². The normalized spacial score (nSPS) is 10.7. The molecule has 1 amide bonds. The Hall–Kier alpha value is -2.76. The summed E-state index contributed by atoms with van der Waals surface area (Å²) in [6, 6.07) is 10.9. The Morgan fingerprint density at radius 2 is 2.05 bits per heavy atom. The summed E-state index contributed by atoms with van der Waals surface area (Å²) in [5, 5.41) is 3.56. The van der Waals surface area contributed by atoms with Crippen LogP contribution in [0.2, 0.25) is 0 Å². The number of nitrogens with one attached hydrogen (secondary N) is 1. The molecule has 2 aromatic carbocycles. The van der Waals surface area contributed by atoms with Gasteiger partial charge in [-0.05, 0) is 30.7 Å². The van der Waals surface area contributed by atoms with Crippen LogP contribution < -0.4 is 10.2 Å². The molecule has 2 rings (SSSR count). The van der Waals surface area contributed by atoms with Gasteiger partial charge in [-0.1, -0.05) is 24.3 Å². The van der Waals surface area contributed by atoms with Gasteiger partial charge in [0.2, 0.25) is 0 Å². The third kappa shape index (κ3) is 4.37. The second-order valence-electron chi connectivity index (χ2n) is 4.54. The van der Waals surface area contributed by atoms with Crippen molar-refractivity contribution in [3.8, 4) is 5.75 Å². The number of hydrogen-bond acceptors (Lipinski definition) is 3. The first-order valence-electron chi connectivity index (χ1n) is 6.51. The minimum absolute atomic E-state index is 0.0556. The Labute approximate surface area is 126 Å². The highest BCUT2D eigenvalue weighted by Crippen LogP contribution is 2.12. The predicted molar refractivity (Wildman–Crippen MR) is 78.8 cm³/mol. The highest BCUT2D eigenvalue weighted by atomic mass is 19.2. The van der Waals surface area contributed by atoms with Gasteiger partial charge in [0.05, 0.1) is 6.21 Å². The minimum atomic E-state index is -1.02. The van der Waals surface area contributed by atoms with Gasteiger partial charge in [0.15, 0.2) is 18.2 Å². The number of ether oxygens (including phenoxy) is 1. The van der Waals surface area contributed by atoms with E-state index in [-0.39, 0.29) is 12.2 Å². The number of benzene rings is 2. The number of nitrogens with zero attached hydrogens (tertiary/aromatic N) is 1. The largest absolute Gasteiger partial charge is 0.484 e. The van der Waals surface area contributed by atoms with Gasteiger partial charge in [-0.25, -0.2) is 14.2 Å². The molecule has 0 aliphatic heterocycles. The van der Waals surface area contributed by atoms with Crippen LogP contribution in [0.5, 0.6) is 5.75 Å². The number of amides is 1. The molecular formula is C16H14F2N2O2. The molecule has 2 aromatic rings. The Morgan fingerprint density at radius 1 is 1.27 bits per heavy atom. The Bertz CT molecular complexity index is 702. The van der Waals surface area contributed by atoms with E-state index in [1.807, 2.05) is 19.1 Å². The molecule has 6 heteroatoms. The van der Waals surface area contributed by atoms with Crippen LogP contribution in [0, 0.1) is 18.6 Å². The van der Waals surface area contributed by atoms with Crippen molar-refractivity contribution in [2.45, 2.75) is 6.92 Å². The third-order valence-corrected chi connectivity index (χ3v) is 2.73. The number of carbonyl (C=O) groups is 1. The summed E-state index contributed by atoms with van der Waals surface area (Å²) in [5.74, 6) is -1.93. The van der Waals surface area contributed by atoms with Crippen LogP contribution in [0.25, 0.3) is 0 Å². The molecule has 0 heterocycles. The molecule has 0 saturated heterocycles. The molecule has 0 spiro atoms. The molecule has 0 bridgehead atoms. The number of aryl methyl sites for hydroxylation is 1. The first-order chi connectivity index (χ1) is 10.6. The predicted octanol–water partition coefficient (Wildman–Crippen LogP) is 2.80. The second-order valence-corrected chi connectivity index (χ2v) is 4.54. The van der Waals surface area contributed by atoms with E-state index in [1.165, 1.54) is 12.1 Å². The maximum absolute atomic E-state index is 13.3. The van der Waals surface area contributed by atoms with E-state index >= 15 is 0 Å². The lowest BCUT2D eigenvalue weighted by molar-refractivity contribution is -0.123. The Morgan fingerprint density at radius 3 is 2.82 bits per heavy atom. The van der Waals surface area contributed by atoms with Crippen LogP contribution in [-0.4, -0.2) is 18.7 Å². The number of hydrazone groups is 1. The van der Waals surface area contributed by atoms with Crippen molar-refractivity contribution in [1.82, 2.24) is 5.43 Å². The molecular weight excluding hydrogens is 290 g/mol. The summed E-state index contributed by atoms with van der Waals surface area (Å²) in [6.07, 6.45) is 1.03. The fraction of sp³-hybridized carbons (Fsp3) is 0.125. The smallest absolute Gasteiger partial charge is 0.277 e. The average Bonchev–Trinajstić information content (AvgIpc) is 2.49. The summed E-state index contributed by atoms with van der Waals surface area (Å²) in [5.41, 5.74) is 3.14. The first kappa shape index (κ1) is 15.6. The number of rotatable bonds is 5. The van der Waals surface area contributed by atoms with Crippen LogP contribution >= 0.6 is 0 Å². The van der Waals surface area contributed by atoms with E-state index in [2.05, 4.69) is 10.5 Å². The van der Waals surface area contributed by atoms with Crippen molar-refractivity contribution in [2.24, 2.45) is 5.10 Å². The van der Waals surface area contributed by atoms with Crippen molar-refractivity contribution in [3.05, 3.63) is 65.2 Å². The van der Waals surface area contributed by atoms with Crippen molar-refractivity contribution in [2.75, 3.05) is 6.61 Å². The molecule has 0 aliphatic rings. The van der Waals surface area contributed by atoms with E-state index in [0.29, 0.717) is 5.75 Å². The standard InChI is InChI=1S/C16H14F2N2O2/c1-11-4-2-6-13(8-11)22-10-15(21)20-19-9-12-5-3-7-14(17)16(12)18/h2-9H,10H2,1H3,(H,20,21). The van der Waals surface area contributed by atoms with Crippen molar-refractivity contribution in [3.63, 3.8) is 0 Å². The monoisotopic (exact) mass is 304 g/mol. The molecule has 114 valence electrons. The lowest BCUT2D eigenvalue weighted by Gasteiger charge is -2.05. The van der Waals surface area contributed by atoms with Gasteiger partial charge in [-0.15, -0.1) is 0 Å². The molecule has 0 atom stereocenters. The summed E-state index contributed by atoms with van der Waals surface area (Å²) in [6.45, 7) is 1.68. The van der Waals surface area contributed by atoms with Crippen molar-refractivity contribution in [1.29, 1.82) is 0 Å². The summed E-state index contributed by atoms with van der Waals surface area (Å²) in [7, 11) is 0. The van der Waals surface area contributed by atoms with Gasteiger partial charge < -0.3 is 4.74 Å². The zero-order valence-corrected chi connectivity index (χ0v) is 11.8. The second kappa shape index (κ2) is 7.31. The summed E-state index contributed by atoms with van der Waals surface area (Å²) >= 11 is 0. The lowest BCUT2D eigenvalue weighted by atomic mass is 10.2. The Balaban J connectivity index is 1.85. The maximum atomic E-state index is 13.3. The van der Waals surface area contributed by atoms with E-state index in [9.17, 15) is 13.6 Å². The van der Waals surface area contributed by atoms with Gasteiger partial charge in [-0.2, -0.15) is 5.10 Å². The van der Waals surface area contributed by atoms with E-state index < -0.39 is 17.5 Å². The van der Waals surface area contributed by atoms with Gasteiger partial charge in [0, 0.05) is 5.56 Å². The van der Waals surface area contributed by atoms with Crippen LogP contribution in [0.15, 0.2) is 47.6 Å². The zero-order chi connectivity index (χ0) is 15.9. The van der Waals surface area contributed by atoms with E-state index in [1.54, 1.807) is 12.1 Å². The summed E-state index contributed by atoms with van der Waals surface area (Å²) < 4.78 is 31.6. The topological polar surface area (TPSA) is 50.7 Å². The number of carbonyl (C=O) groups excluding carboxylic acids is 1. The molecule has 22 heavy (non-hydrogen) atoms. The molecule has 0 aromatic heterocycles. The molecule has 0 saturated carbocycles. The van der Waals surface area contributed by atoms with Crippen LogP contribution in [0.4, 0.5) is 8.78 Å². The van der Waals surface area contributed by atoms with Gasteiger partial charge >= 0.3 is 0 Å². The van der Waals surface area contributed by atoms with E-state index in [0.717, 1.165) is 17.8 Å². The average molecular weight is 304 g/mol. The van der Waals surface area contributed by atoms with Gasteiger partial charge in [0.25, 0.3) is 5.91 Å². The third-order valence-electron chi connectivity index (χ3n) is 2.73. The first-order valence-corrected chi connectivity index (χ1v) is 6.51. The van der Waals surface area contributed by atoms with Crippen LogP contribution in [-0.2, 0) is 4.79 Å². The minimum Gasteiger partial charge on any atom is -0.484 e. The number of halogens is 2. The van der Waals surface area contributed by atoms with Crippen LogP contribution in [0.3, 0.4) is 0 Å². The van der Waals surface area contributed by atoms with Crippen molar-refractivity contribution >= 4 is 12.1 Å². The molecule has 0 aliphatic carbocycles. The van der Waals surface area contributed by atoms with Gasteiger partial charge in [0.1, 0.15) is 5.75 Å². The Kier molecular flexibility index (Phi) is 5.19. The highest BCUT2D eigenvalue weighted by Gasteiger charge is 2.05. The highest BCUT2D eigenvalue weighted by molar-refractivity contribution is 5.83. The molecule has 0 unspecified atom stereocenters. The SMILES string of the molecule is Cc1cccc(OCC(=O)NN=Cc2cccc(F)c2F)c1.